The number of methoxy groups -OCH3 is 1. The summed E-state index contributed by atoms with van der Waals surface area (Å²) in [6.45, 7) is 0.208. The minimum absolute atomic E-state index is 0.208. The Morgan fingerprint density at radius 2 is 2.38 bits per heavy atom. The molecule has 0 unspecified atom stereocenters. The number of ether oxygens (including phenoxy) is 1. The number of benzene rings is 1. The first-order valence-electron chi connectivity index (χ1n) is 3.62. The van der Waals surface area contributed by atoms with Crippen molar-refractivity contribution in [1.82, 2.24) is 0 Å². The van der Waals surface area contributed by atoms with Crippen molar-refractivity contribution in [3.05, 3.63) is 39.2 Å². The van der Waals surface area contributed by atoms with Crippen LogP contribution in [0.2, 0.25) is 5.02 Å². The van der Waals surface area contributed by atoms with E-state index in [1.165, 1.54) is 0 Å². The van der Waals surface area contributed by atoms with Gasteiger partial charge < -0.3 is 4.74 Å². The van der Waals surface area contributed by atoms with Crippen molar-refractivity contribution in [2.75, 3.05) is 7.11 Å². The smallest absolute Gasteiger partial charge is 0.123 e. The van der Waals surface area contributed by atoms with Gasteiger partial charge in [0.2, 0.25) is 0 Å². The van der Waals surface area contributed by atoms with Gasteiger partial charge in [0.25, 0.3) is 0 Å². The number of rotatable bonds is 3. The third-order valence-electron chi connectivity index (χ3n) is 1.59. The number of halogens is 1. The summed E-state index contributed by atoms with van der Waals surface area (Å²) in [6.07, 6.45) is 0. The van der Waals surface area contributed by atoms with Gasteiger partial charge in [-0.05, 0) is 17.7 Å². The summed E-state index contributed by atoms with van der Waals surface area (Å²) in [4.78, 5) is 2.66. The van der Waals surface area contributed by atoms with Gasteiger partial charge >= 0.3 is 0 Å². The first-order valence-corrected chi connectivity index (χ1v) is 3.99. The Balaban J connectivity index is 3.06. The molecule has 0 saturated heterocycles. The predicted molar refractivity (Wildman–Crippen MR) is 50.9 cm³/mol. The van der Waals surface area contributed by atoms with Crippen LogP contribution in [-0.2, 0) is 6.54 Å². The fourth-order valence-corrected chi connectivity index (χ4v) is 1.21. The maximum absolute atomic E-state index is 8.16. The second-order valence-electron chi connectivity index (χ2n) is 2.31. The van der Waals surface area contributed by atoms with Gasteiger partial charge in [0, 0.05) is 15.5 Å². The van der Waals surface area contributed by atoms with Crippen molar-refractivity contribution in [2.45, 2.75) is 6.54 Å². The van der Waals surface area contributed by atoms with Crippen molar-refractivity contribution in [2.24, 2.45) is 5.11 Å². The molecule has 4 nitrogen and oxygen atoms in total. The number of azide groups is 1. The Bertz CT molecular complexity index is 347. The zero-order chi connectivity index (χ0) is 9.68. The third-order valence-corrected chi connectivity index (χ3v) is 1.94. The molecule has 13 heavy (non-hydrogen) atoms. The Kier molecular flexibility index (Phi) is 3.43. The molecule has 0 radical (unpaired) electrons. The lowest BCUT2D eigenvalue weighted by Crippen LogP contribution is -1.90. The highest BCUT2D eigenvalue weighted by Gasteiger charge is 2.05. The van der Waals surface area contributed by atoms with Gasteiger partial charge in [-0.15, -0.1) is 0 Å². The molecule has 0 bridgehead atoms. The quantitative estimate of drug-likeness (QED) is 0.417. The molecule has 0 aliphatic heterocycles. The molecule has 0 heterocycles. The van der Waals surface area contributed by atoms with Crippen molar-refractivity contribution in [1.29, 1.82) is 0 Å². The maximum Gasteiger partial charge on any atom is 0.123 e. The summed E-state index contributed by atoms with van der Waals surface area (Å²) in [7, 11) is 1.55. The predicted octanol–water partition coefficient (Wildman–Crippen LogP) is 3.16. The van der Waals surface area contributed by atoms with Crippen LogP contribution >= 0.6 is 11.6 Å². The number of hydrogen-bond acceptors (Lipinski definition) is 2. The van der Waals surface area contributed by atoms with Gasteiger partial charge in [0.15, 0.2) is 0 Å². The molecule has 1 rings (SSSR count). The van der Waals surface area contributed by atoms with E-state index in [9.17, 15) is 0 Å². The van der Waals surface area contributed by atoms with Crippen LogP contribution in [0.4, 0.5) is 0 Å². The Morgan fingerprint density at radius 3 is 3.00 bits per heavy atom. The summed E-state index contributed by atoms with van der Waals surface area (Å²) in [5, 5.41) is 3.98. The molecule has 0 aliphatic carbocycles. The van der Waals surface area contributed by atoms with Crippen molar-refractivity contribution in [3.8, 4) is 5.75 Å². The zero-order valence-electron chi connectivity index (χ0n) is 7.07. The van der Waals surface area contributed by atoms with Crippen LogP contribution in [0.3, 0.4) is 0 Å². The average Bonchev–Trinajstić information content (AvgIpc) is 2.15. The minimum atomic E-state index is 0.208. The normalized spacial score (nSPS) is 9.08. The fraction of sp³-hybridized carbons (Fsp3) is 0.250. The average molecular weight is 198 g/mol. The van der Waals surface area contributed by atoms with E-state index in [-0.39, 0.29) is 6.54 Å². The molecule has 0 N–H and O–H groups in total. The first-order chi connectivity index (χ1) is 6.29. The number of nitrogens with zero attached hydrogens (tertiary/aromatic N) is 3. The molecule has 0 aromatic heterocycles. The van der Waals surface area contributed by atoms with Crippen molar-refractivity contribution < 1.29 is 4.74 Å². The van der Waals surface area contributed by atoms with E-state index in [1.807, 2.05) is 0 Å². The molecule has 0 atom stereocenters. The van der Waals surface area contributed by atoms with Crippen LogP contribution in [-0.4, -0.2) is 7.11 Å². The Labute approximate surface area is 80.7 Å². The molecule has 0 saturated carbocycles. The van der Waals surface area contributed by atoms with Crippen LogP contribution in [0.1, 0.15) is 5.56 Å². The Hall–Kier alpha value is -1.38. The molecule has 5 heteroatoms. The van der Waals surface area contributed by atoms with E-state index in [1.54, 1.807) is 25.3 Å². The van der Waals surface area contributed by atoms with Crippen LogP contribution in [0, 0.1) is 0 Å². The van der Waals surface area contributed by atoms with Gasteiger partial charge in [-0.3, -0.25) is 0 Å². The van der Waals surface area contributed by atoms with Crippen molar-refractivity contribution >= 4 is 11.6 Å². The molecule has 0 spiro atoms. The topological polar surface area (TPSA) is 58.0 Å². The molecule has 1 aromatic carbocycles. The molecule has 1 aromatic rings. The lowest BCUT2D eigenvalue weighted by molar-refractivity contribution is 0.410. The lowest BCUT2D eigenvalue weighted by Gasteiger charge is -2.06. The summed E-state index contributed by atoms with van der Waals surface area (Å²) in [5.74, 6) is 0.639. The van der Waals surface area contributed by atoms with E-state index < -0.39 is 0 Å². The molecule has 68 valence electrons. The van der Waals surface area contributed by atoms with Crippen LogP contribution in [0.5, 0.6) is 5.75 Å². The second kappa shape index (κ2) is 4.60. The first kappa shape index (κ1) is 9.71. The van der Waals surface area contributed by atoms with Crippen LogP contribution < -0.4 is 4.74 Å². The summed E-state index contributed by atoms with van der Waals surface area (Å²) in [6, 6.07) is 5.28. The second-order valence-corrected chi connectivity index (χ2v) is 2.72. The molecular weight excluding hydrogens is 190 g/mol. The fourth-order valence-electron chi connectivity index (χ4n) is 0.986. The van der Waals surface area contributed by atoms with E-state index in [4.69, 9.17) is 21.9 Å². The summed E-state index contributed by atoms with van der Waals surface area (Å²) >= 11 is 5.88. The SMILES string of the molecule is COc1cccc(Cl)c1CN=[N+]=[N-]. The zero-order valence-corrected chi connectivity index (χ0v) is 7.82. The van der Waals surface area contributed by atoms with Crippen LogP contribution in [0.15, 0.2) is 23.3 Å². The van der Waals surface area contributed by atoms with E-state index in [2.05, 4.69) is 10.0 Å². The lowest BCUT2D eigenvalue weighted by atomic mass is 10.2. The van der Waals surface area contributed by atoms with Gasteiger partial charge in [-0.25, -0.2) is 0 Å². The van der Waals surface area contributed by atoms with Gasteiger partial charge in [0.05, 0.1) is 13.7 Å². The molecule has 0 aliphatic rings. The summed E-state index contributed by atoms with van der Waals surface area (Å²) < 4.78 is 5.06. The van der Waals surface area contributed by atoms with Crippen molar-refractivity contribution in [3.63, 3.8) is 0 Å². The highest BCUT2D eigenvalue weighted by molar-refractivity contribution is 6.31. The van der Waals surface area contributed by atoms with E-state index in [0.717, 1.165) is 0 Å². The van der Waals surface area contributed by atoms with E-state index >= 15 is 0 Å². The largest absolute Gasteiger partial charge is 0.496 e. The molecule has 0 amide bonds. The standard InChI is InChI=1S/C8H8ClN3O/c1-13-8-4-2-3-7(9)6(8)5-11-12-10/h2-4H,5H2,1H3. The van der Waals surface area contributed by atoms with Gasteiger partial charge in [-0.1, -0.05) is 22.8 Å². The summed E-state index contributed by atoms with van der Waals surface area (Å²) in [5.41, 5.74) is 8.87. The Morgan fingerprint density at radius 1 is 1.62 bits per heavy atom. The monoisotopic (exact) mass is 197 g/mol. The highest BCUT2D eigenvalue weighted by Crippen LogP contribution is 2.26. The van der Waals surface area contributed by atoms with Crippen LogP contribution in [0.25, 0.3) is 10.4 Å². The van der Waals surface area contributed by atoms with E-state index in [0.29, 0.717) is 16.3 Å². The maximum atomic E-state index is 8.16. The van der Waals surface area contributed by atoms with Gasteiger partial charge in [-0.2, -0.15) is 0 Å². The minimum Gasteiger partial charge on any atom is -0.496 e. The number of hydrogen-bond donors (Lipinski definition) is 0. The highest BCUT2D eigenvalue weighted by atomic mass is 35.5. The third kappa shape index (κ3) is 2.28. The molecular formula is C8H8ClN3O. The van der Waals surface area contributed by atoms with Gasteiger partial charge in [0.1, 0.15) is 5.75 Å². The molecule has 0 fully saturated rings.